The van der Waals surface area contributed by atoms with Gasteiger partial charge in [-0.1, -0.05) is 51.1 Å². The molecule has 2 aromatic carbocycles. The maximum atomic E-state index is 13.9. The Hall–Kier alpha value is -1.41. The van der Waals surface area contributed by atoms with Crippen LogP contribution in [0.2, 0.25) is 0 Å². The van der Waals surface area contributed by atoms with E-state index in [0.29, 0.717) is 17.2 Å². The summed E-state index contributed by atoms with van der Waals surface area (Å²) in [5, 5.41) is 5.10. The van der Waals surface area contributed by atoms with Gasteiger partial charge in [0.05, 0.1) is 0 Å². The van der Waals surface area contributed by atoms with Crippen molar-refractivity contribution < 1.29 is 4.39 Å². The molecule has 1 N–H and O–H groups in total. The van der Waals surface area contributed by atoms with E-state index < -0.39 is 0 Å². The van der Waals surface area contributed by atoms with Crippen molar-refractivity contribution in [1.82, 2.24) is 5.32 Å². The highest BCUT2D eigenvalue weighted by molar-refractivity contribution is 5.86. The minimum absolute atomic E-state index is 0.147. The van der Waals surface area contributed by atoms with Crippen molar-refractivity contribution in [3.05, 3.63) is 47.8 Å². The van der Waals surface area contributed by atoms with Gasteiger partial charge in [0.1, 0.15) is 5.82 Å². The van der Waals surface area contributed by atoms with Crippen LogP contribution in [0.1, 0.15) is 32.4 Å². The molecule has 0 aliphatic heterocycles. The highest BCUT2D eigenvalue weighted by Gasteiger charge is 2.22. The highest BCUT2D eigenvalue weighted by atomic mass is 19.1. The fourth-order valence-electron chi connectivity index (χ4n) is 2.64. The standard InChI is InChI=1S/C17H22FN/c1-11(2)12(3)17(19-4)15-9-10-16(18)14-8-6-5-7-13(14)15/h5-12,17,19H,1-4H3. The van der Waals surface area contributed by atoms with Crippen molar-refractivity contribution in [3.8, 4) is 0 Å². The SMILES string of the molecule is CNC(c1ccc(F)c2ccccc12)C(C)C(C)C. The molecular weight excluding hydrogens is 237 g/mol. The van der Waals surface area contributed by atoms with Gasteiger partial charge >= 0.3 is 0 Å². The summed E-state index contributed by atoms with van der Waals surface area (Å²) >= 11 is 0. The molecule has 0 spiro atoms. The maximum absolute atomic E-state index is 13.9. The van der Waals surface area contributed by atoms with Gasteiger partial charge in [-0.15, -0.1) is 0 Å². The number of halogens is 1. The van der Waals surface area contributed by atoms with Crippen LogP contribution < -0.4 is 5.32 Å². The number of hydrogen-bond acceptors (Lipinski definition) is 1. The number of nitrogens with one attached hydrogen (secondary N) is 1. The molecule has 0 aliphatic rings. The first kappa shape index (κ1) is 14.0. The van der Waals surface area contributed by atoms with Gasteiger partial charge in [-0.05, 0) is 35.9 Å². The summed E-state index contributed by atoms with van der Waals surface area (Å²) in [4.78, 5) is 0. The predicted molar refractivity (Wildman–Crippen MR) is 79.7 cm³/mol. The topological polar surface area (TPSA) is 12.0 Å². The maximum Gasteiger partial charge on any atom is 0.131 e. The van der Waals surface area contributed by atoms with Gasteiger partial charge < -0.3 is 5.32 Å². The first-order chi connectivity index (χ1) is 9.06. The Labute approximate surface area is 114 Å². The van der Waals surface area contributed by atoms with Crippen molar-refractivity contribution in [2.75, 3.05) is 7.05 Å². The monoisotopic (exact) mass is 259 g/mol. The molecular formula is C17H22FN. The second-order valence-electron chi connectivity index (χ2n) is 5.55. The lowest BCUT2D eigenvalue weighted by atomic mass is 9.84. The fraction of sp³-hybridized carbons (Fsp3) is 0.412. The van der Waals surface area contributed by atoms with Crippen LogP contribution in [-0.2, 0) is 0 Å². The summed E-state index contributed by atoms with van der Waals surface area (Å²) in [7, 11) is 1.97. The normalized spacial score (nSPS) is 14.8. The van der Waals surface area contributed by atoms with Crippen LogP contribution >= 0.6 is 0 Å². The lowest BCUT2D eigenvalue weighted by Gasteiger charge is -2.28. The van der Waals surface area contributed by atoms with Crippen molar-refractivity contribution in [3.63, 3.8) is 0 Å². The molecule has 102 valence electrons. The zero-order valence-electron chi connectivity index (χ0n) is 12.1. The van der Waals surface area contributed by atoms with Gasteiger partial charge in [0.25, 0.3) is 0 Å². The third-order valence-corrected chi connectivity index (χ3v) is 4.13. The summed E-state index contributed by atoms with van der Waals surface area (Å²) in [6.07, 6.45) is 0. The average Bonchev–Trinajstić information content (AvgIpc) is 2.42. The van der Waals surface area contributed by atoms with E-state index >= 15 is 0 Å². The van der Waals surface area contributed by atoms with Crippen molar-refractivity contribution >= 4 is 10.8 Å². The molecule has 2 rings (SSSR count). The molecule has 2 atom stereocenters. The Kier molecular flexibility index (Phi) is 4.20. The molecule has 0 bridgehead atoms. The summed E-state index contributed by atoms with van der Waals surface area (Å²) in [6, 6.07) is 11.4. The molecule has 0 aromatic heterocycles. The molecule has 0 amide bonds. The van der Waals surface area contributed by atoms with E-state index in [2.05, 4.69) is 26.1 Å². The fourth-order valence-corrected chi connectivity index (χ4v) is 2.64. The number of hydrogen-bond donors (Lipinski definition) is 1. The summed E-state index contributed by atoms with van der Waals surface area (Å²) in [6.45, 7) is 6.69. The Morgan fingerprint density at radius 3 is 2.16 bits per heavy atom. The summed E-state index contributed by atoms with van der Waals surface area (Å²) in [5.41, 5.74) is 1.18. The summed E-state index contributed by atoms with van der Waals surface area (Å²) < 4.78 is 13.9. The third kappa shape index (κ3) is 2.64. The lowest BCUT2D eigenvalue weighted by molar-refractivity contribution is 0.318. The van der Waals surface area contributed by atoms with Crippen molar-refractivity contribution in [1.29, 1.82) is 0 Å². The Morgan fingerprint density at radius 1 is 0.947 bits per heavy atom. The molecule has 2 heteroatoms. The first-order valence-electron chi connectivity index (χ1n) is 6.90. The van der Waals surface area contributed by atoms with E-state index in [-0.39, 0.29) is 11.9 Å². The molecule has 2 aromatic rings. The van der Waals surface area contributed by atoms with Crippen molar-refractivity contribution in [2.24, 2.45) is 11.8 Å². The van der Waals surface area contributed by atoms with Crippen LogP contribution in [0.15, 0.2) is 36.4 Å². The van der Waals surface area contributed by atoms with Crippen LogP contribution in [0.4, 0.5) is 4.39 Å². The summed E-state index contributed by atoms with van der Waals surface area (Å²) in [5.74, 6) is 0.909. The Balaban J connectivity index is 2.58. The Bertz CT molecular complexity index is 562. The van der Waals surface area contributed by atoms with E-state index in [0.717, 1.165) is 5.39 Å². The van der Waals surface area contributed by atoms with Gasteiger partial charge in [0.15, 0.2) is 0 Å². The van der Waals surface area contributed by atoms with Gasteiger partial charge in [0, 0.05) is 11.4 Å². The molecule has 0 saturated carbocycles. The minimum atomic E-state index is -0.147. The smallest absolute Gasteiger partial charge is 0.131 e. The first-order valence-corrected chi connectivity index (χ1v) is 6.90. The number of rotatable bonds is 4. The van der Waals surface area contributed by atoms with Crippen LogP contribution in [0.25, 0.3) is 10.8 Å². The lowest BCUT2D eigenvalue weighted by Crippen LogP contribution is -2.26. The van der Waals surface area contributed by atoms with E-state index in [1.54, 1.807) is 6.07 Å². The molecule has 0 aliphatic carbocycles. The van der Waals surface area contributed by atoms with Gasteiger partial charge in [-0.3, -0.25) is 0 Å². The van der Waals surface area contributed by atoms with Gasteiger partial charge in [-0.25, -0.2) is 4.39 Å². The number of benzene rings is 2. The second-order valence-corrected chi connectivity index (χ2v) is 5.55. The van der Waals surface area contributed by atoms with Crippen molar-refractivity contribution in [2.45, 2.75) is 26.8 Å². The minimum Gasteiger partial charge on any atom is -0.313 e. The van der Waals surface area contributed by atoms with E-state index in [1.165, 1.54) is 5.56 Å². The largest absolute Gasteiger partial charge is 0.313 e. The molecule has 0 saturated heterocycles. The van der Waals surface area contributed by atoms with Crippen LogP contribution in [0.3, 0.4) is 0 Å². The predicted octanol–water partition coefficient (Wildman–Crippen LogP) is 4.53. The Morgan fingerprint density at radius 2 is 1.58 bits per heavy atom. The zero-order chi connectivity index (χ0) is 14.0. The molecule has 0 radical (unpaired) electrons. The second kappa shape index (κ2) is 5.70. The zero-order valence-corrected chi connectivity index (χ0v) is 12.1. The van der Waals surface area contributed by atoms with E-state index in [1.807, 2.05) is 37.4 Å². The van der Waals surface area contributed by atoms with Gasteiger partial charge in [-0.2, -0.15) is 0 Å². The van der Waals surface area contributed by atoms with E-state index in [4.69, 9.17) is 0 Å². The molecule has 19 heavy (non-hydrogen) atoms. The van der Waals surface area contributed by atoms with Crippen LogP contribution in [-0.4, -0.2) is 7.05 Å². The molecule has 0 heterocycles. The number of fused-ring (bicyclic) bond motifs is 1. The van der Waals surface area contributed by atoms with Gasteiger partial charge in [0.2, 0.25) is 0 Å². The molecule has 2 unspecified atom stereocenters. The third-order valence-electron chi connectivity index (χ3n) is 4.13. The molecule has 1 nitrogen and oxygen atoms in total. The molecule has 0 fully saturated rings. The van der Waals surface area contributed by atoms with Crippen LogP contribution in [0, 0.1) is 17.7 Å². The highest BCUT2D eigenvalue weighted by Crippen LogP contribution is 2.33. The van der Waals surface area contributed by atoms with E-state index in [9.17, 15) is 4.39 Å². The quantitative estimate of drug-likeness (QED) is 0.850. The van der Waals surface area contributed by atoms with Crippen LogP contribution in [0.5, 0.6) is 0 Å². The average molecular weight is 259 g/mol.